The van der Waals surface area contributed by atoms with Gasteiger partial charge in [0.2, 0.25) is 0 Å². The number of rotatable bonds is 3. The number of carbonyl (C=O) groups is 1. The molecule has 0 radical (unpaired) electrons. The largest absolute Gasteiger partial charge is 0.366 e. The Morgan fingerprint density at radius 2 is 1.88 bits per heavy atom. The van der Waals surface area contributed by atoms with Crippen molar-refractivity contribution in [3.05, 3.63) is 46.8 Å². The van der Waals surface area contributed by atoms with Crippen molar-refractivity contribution in [2.24, 2.45) is 0 Å². The number of anilines is 1. The average molecular weight is 348 g/mol. The van der Waals surface area contributed by atoms with E-state index >= 15 is 0 Å². The molecule has 1 aliphatic rings. The normalized spacial score (nSPS) is 15.1. The molecule has 1 aromatic carbocycles. The highest BCUT2D eigenvalue weighted by Crippen LogP contribution is 2.25. The fourth-order valence-corrected chi connectivity index (χ4v) is 3.18. The van der Waals surface area contributed by atoms with Gasteiger partial charge in [0.25, 0.3) is 5.91 Å². The van der Waals surface area contributed by atoms with Crippen LogP contribution in [-0.4, -0.2) is 47.2 Å². The van der Waals surface area contributed by atoms with Crippen molar-refractivity contribution >= 4 is 11.6 Å². The van der Waals surface area contributed by atoms with E-state index in [1.165, 1.54) is 6.07 Å². The lowest BCUT2D eigenvalue weighted by molar-refractivity contribution is 0.0744. The maximum Gasteiger partial charge on any atom is 0.257 e. The van der Waals surface area contributed by atoms with Gasteiger partial charge in [0.1, 0.15) is 0 Å². The average Bonchev–Trinajstić information content (AvgIpc) is 2.99. The maximum absolute atomic E-state index is 14.0. The first-order chi connectivity index (χ1) is 11.9. The van der Waals surface area contributed by atoms with Crippen molar-refractivity contribution in [1.82, 2.24) is 15.1 Å². The Hall–Kier alpha value is -2.44. The van der Waals surface area contributed by atoms with Crippen molar-refractivity contribution in [2.45, 2.75) is 26.7 Å². The number of nitrogens with one attached hydrogen (secondary N) is 1. The third kappa shape index (κ3) is 3.23. The molecular weight excluding hydrogens is 326 g/mol. The highest BCUT2D eigenvalue weighted by Gasteiger charge is 2.28. The number of aromatic amines is 1. The third-order valence-electron chi connectivity index (χ3n) is 4.57. The number of halogens is 2. The monoisotopic (exact) mass is 348 g/mol. The lowest BCUT2D eigenvalue weighted by Gasteiger charge is -2.36. The number of benzene rings is 1. The van der Waals surface area contributed by atoms with Crippen molar-refractivity contribution in [1.29, 1.82) is 0 Å². The smallest absolute Gasteiger partial charge is 0.257 e. The molecule has 25 heavy (non-hydrogen) atoms. The predicted molar refractivity (Wildman–Crippen MR) is 91.9 cm³/mol. The zero-order valence-electron chi connectivity index (χ0n) is 14.6. The van der Waals surface area contributed by atoms with Gasteiger partial charge in [-0.15, -0.1) is 0 Å². The Bertz CT molecular complexity index is 779. The Morgan fingerprint density at radius 3 is 2.52 bits per heavy atom. The molecule has 0 bridgehead atoms. The summed E-state index contributed by atoms with van der Waals surface area (Å²) in [5.41, 5.74) is 2.39. The Kier molecular flexibility index (Phi) is 4.74. The van der Waals surface area contributed by atoms with E-state index in [0.29, 0.717) is 31.7 Å². The molecule has 0 aliphatic carbocycles. The van der Waals surface area contributed by atoms with Crippen LogP contribution in [0.1, 0.15) is 41.5 Å². The van der Waals surface area contributed by atoms with Crippen LogP contribution < -0.4 is 4.90 Å². The van der Waals surface area contributed by atoms with Gasteiger partial charge in [-0.2, -0.15) is 5.10 Å². The van der Waals surface area contributed by atoms with Crippen LogP contribution in [0.4, 0.5) is 14.5 Å². The number of hydrogen-bond donors (Lipinski definition) is 1. The van der Waals surface area contributed by atoms with Crippen LogP contribution in [0.15, 0.2) is 18.2 Å². The minimum absolute atomic E-state index is 0.0608. The van der Waals surface area contributed by atoms with E-state index in [2.05, 4.69) is 10.2 Å². The summed E-state index contributed by atoms with van der Waals surface area (Å²) in [6, 6.07) is 4.16. The molecule has 0 atom stereocenters. The summed E-state index contributed by atoms with van der Waals surface area (Å²) >= 11 is 0. The molecule has 0 spiro atoms. The van der Waals surface area contributed by atoms with E-state index in [9.17, 15) is 13.6 Å². The van der Waals surface area contributed by atoms with Gasteiger partial charge in [-0.25, -0.2) is 8.78 Å². The molecule has 1 aliphatic heterocycles. The van der Waals surface area contributed by atoms with E-state index in [4.69, 9.17) is 0 Å². The van der Waals surface area contributed by atoms with Crippen molar-refractivity contribution in [3.63, 3.8) is 0 Å². The predicted octanol–water partition coefficient (Wildman–Crippen LogP) is 3.08. The molecule has 1 amide bonds. The summed E-state index contributed by atoms with van der Waals surface area (Å²) in [5, 5.41) is 7.13. The molecule has 0 unspecified atom stereocenters. The SMILES string of the molecule is Cc1[nH]nc(C(C)C)c1C(=O)N1CCN(c2cccc(F)c2F)CC1. The van der Waals surface area contributed by atoms with Gasteiger partial charge < -0.3 is 9.80 Å². The summed E-state index contributed by atoms with van der Waals surface area (Å²) in [7, 11) is 0. The molecule has 3 rings (SSSR count). The number of aromatic nitrogens is 2. The summed E-state index contributed by atoms with van der Waals surface area (Å²) in [5.74, 6) is -1.61. The van der Waals surface area contributed by atoms with Crippen LogP contribution in [0.3, 0.4) is 0 Å². The maximum atomic E-state index is 14.0. The number of carbonyl (C=O) groups excluding carboxylic acids is 1. The summed E-state index contributed by atoms with van der Waals surface area (Å²) in [4.78, 5) is 16.4. The molecule has 134 valence electrons. The fraction of sp³-hybridized carbons (Fsp3) is 0.444. The van der Waals surface area contributed by atoms with Crippen LogP contribution in [0.25, 0.3) is 0 Å². The van der Waals surface area contributed by atoms with Crippen LogP contribution in [0.2, 0.25) is 0 Å². The Labute approximate surface area is 145 Å². The van der Waals surface area contributed by atoms with Gasteiger partial charge in [0, 0.05) is 31.9 Å². The standard InChI is InChI=1S/C18H22F2N4O/c1-11(2)17-15(12(3)21-22-17)18(25)24-9-7-23(8-10-24)14-6-4-5-13(19)16(14)20/h4-6,11H,7-10H2,1-3H3,(H,21,22). The second-order valence-corrected chi connectivity index (χ2v) is 6.62. The molecule has 7 heteroatoms. The van der Waals surface area contributed by atoms with Crippen LogP contribution in [0.5, 0.6) is 0 Å². The zero-order valence-corrected chi connectivity index (χ0v) is 14.6. The first-order valence-corrected chi connectivity index (χ1v) is 8.43. The lowest BCUT2D eigenvalue weighted by atomic mass is 10.0. The molecule has 0 saturated carbocycles. The number of hydrogen-bond acceptors (Lipinski definition) is 3. The molecular formula is C18H22F2N4O. The molecule has 5 nitrogen and oxygen atoms in total. The van der Waals surface area contributed by atoms with E-state index in [-0.39, 0.29) is 17.5 Å². The molecule has 1 saturated heterocycles. The number of nitrogens with zero attached hydrogens (tertiary/aromatic N) is 3. The van der Waals surface area contributed by atoms with E-state index in [1.807, 2.05) is 20.8 Å². The van der Waals surface area contributed by atoms with Crippen LogP contribution in [0, 0.1) is 18.6 Å². The number of piperazine rings is 1. The second-order valence-electron chi connectivity index (χ2n) is 6.62. The van der Waals surface area contributed by atoms with Crippen molar-refractivity contribution in [2.75, 3.05) is 31.1 Å². The van der Waals surface area contributed by atoms with Crippen LogP contribution >= 0.6 is 0 Å². The van der Waals surface area contributed by atoms with Gasteiger partial charge in [-0.3, -0.25) is 9.89 Å². The topological polar surface area (TPSA) is 52.2 Å². The van der Waals surface area contributed by atoms with Gasteiger partial charge in [-0.05, 0) is 25.0 Å². The van der Waals surface area contributed by atoms with Crippen molar-refractivity contribution in [3.8, 4) is 0 Å². The molecule has 1 fully saturated rings. The highest BCUT2D eigenvalue weighted by atomic mass is 19.2. The van der Waals surface area contributed by atoms with E-state index < -0.39 is 11.6 Å². The molecule has 2 heterocycles. The van der Waals surface area contributed by atoms with Gasteiger partial charge in [-0.1, -0.05) is 19.9 Å². The Balaban J connectivity index is 1.73. The zero-order chi connectivity index (χ0) is 18.1. The minimum Gasteiger partial charge on any atom is -0.366 e. The lowest BCUT2D eigenvalue weighted by Crippen LogP contribution is -2.49. The van der Waals surface area contributed by atoms with Crippen LogP contribution in [-0.2, 0) is 0 Å². The second kappa shape index (κ2) is 6.82. The van der Waals surface area contributed by atoms with Gasteiger partial charge >= 0.3 is 0 Å². The molecule has 2 aromatic rings. The van der Waals surface area contributed by atoms with Crippen molar-refractivity contribution < 1.29 is 13.6 Å². The molecule has 1 aromatic heterocycles. The molecule has 1 N–H and O–H groups in total. The van der Waals surface area contributed by atoms with Gasteiger partial charge in [0.05, 0.1) is 16.9 Å². The summed E-state index contributed by atoms with van der Waals surface area (Å²) in [6.07, 6.45) is 0. The quantitative estimate of drug-likeness (QED) is 0.927. The third-order valence-corrected chi connectivity index (χ3v) is 4.57. The van der Waals surface area contributed by atoms with E-state index in [1.54, 1.807) is 15.9 Å². The summed E-state index contributed by atoms with van der Waals surface area (Å²) < 4.78 is 27.4. The summed E-state index contributed by atoms with van der Waals surface area (Å²) in [6.45, 7) is 7.66. The highest BCUT2D eigenvalue weighted by molar-refractivity contribution is 5.96. The van der Waals surface area contributed by atoms with E-state index in [0.717, 1.165) is 17.5 Å². The number of amides is 1. The number of aryl methyl sites for hydroxylation is 1. The minimum atomic E-state index is -0.855. The Morgan fingerprint density at radius 1 is 1.20 bits per heavy atom. The first-order valence-electron chi connectivity index (χ1n) is 8.43. The van der Waals surface area contributed by atoms with Gasteiger partial charge in [0.15, 0.2) is 11.6 Å². The first kappa shape index (κ1) is 17.4. The number of H-pyrrole nitrogens is 1. The fourth-order valence-electron chi connectivity index (χ4n) is 3.18.